The predicted molar refractivity (Wildman–Crippen MR) is 96.6 cm³/mol. The Kier molecular flexibility index (Phi) is 4.39. The van der Waals surface area contributed by atoms with Crippen LogP contribution in [0, 0.1) is 17.7 Å². The van der Waals surface area contributed by atoms with Crippen molar-refractivity contribution in [2.24, 2.45) is 11.8 Å². The number of halogens is 2. The van der Waals surface area contributed by atoms with Gasteiger partial charge in [-0.05, 0) is 44.6 Å². The summed E-state index contributed by atoms with van der Waals surface area (Å²) in [6.45, 7) is 0. The van der Waals surface area contributed by atoms with E-state index in [1.54, 1.807) is 6.08 Å². The number of amides is 2. The zero-order chi connectivity index (χ0) is 18.4. The molecule has 3 aliphatic rings. The summed E-state index contributed by atoms with van der Waals surface area (Å²) in [4.78, 5) is 26.4. The Bertz CT molecular complexity index is 804. The fraction of sp³-hybridized carbons (Fsp3) is 0.474. The Morgan fingerprint density at radius 2 is 1.92 bits per heavy atom. The van der Waals surface area contributed by atoms with Gasteiger partial charge in [0.1, 0.15) is 11.4 Å². The maximum atomic E-state index is 14.7. The first-order chi connectivity index (χ1) is 12.5. The topological polar surface area (TPSA) is 72.6 Å². The molecule has 2 amide bonds. The lowest BCUT2D eigenvalue weighted by Gasteiger charge is -2.22. The lowest BCUT2D eigenvalue weighted by molar-refractivity contribution is -0.122. The minimum absolute atomic E-state index is 0.0383. The fourth-order valence-corrected chi connectivity index (χ4v) is 4.38. The summed E-state index contributed by atoms with van der Waals surface area (Å²) in [5.41, 5.74) is 5.82. The average Bonchev–Trinajstić information content (AvgIpc) is 3.21. The van der Waals surface area contributed by atoms with Crippen molar-refractivity contribution < 1.29 is 18.7 Å². The molecule has 7 heteroatoms. The van der Waals surface area contributed by atoms with E-state index in [4.69, 9.17) is 22.1 Å². The third-order valence-corrected chi connectivity index (χ3v) is 5.75. The molecule has 2 N–H and O–H groups in total. The molecule has 2 atom stereocenters. The second-order valence-corrected chi connectivity index (χ2v) is 7.51. The number of carbonyl (C=O) groups is 2. The first kappa shape index (κ1) is 17.3. The molecule has 1 aliphatic heterocycles. The van der Waals surface area contributed by atoms with Gasteiger partial charge in [0.2, 0.25) is 11.8 Å². The van der Waals surface area contributed by atoms with Crippen LogP contribution in [0.15, 0.2) is 18.2 Å². The molecule has 1 saturated heterocycles. The van der Waals surface area contributed by atoms with Crippen LogP contribution in [0.3, 0.4) is 0 Å². The van der Waals surface area contributed by atoms with Gasteiger partial charge in [-0.3, -0.25) is 9.59 Å². The number of nitrogens with zero attached hydrogens (tertiary/aromatic N) is 1. The molecule has 2 aliphatic carbocycles. The molecule has 2 unspecified atom stereocenters. The monoisotopic (exact) mass is 378 g/mol. The van der Waals surface area contributed by atoms with Crippen molar-refractivity contribution in [2.45, 2.75) is 44.6 Å². The molecule has 4 rings (SSSR count). The van der Waals surface area contributed by atoms with Crippen molar-refractivity contribution in [3.05, 3.63) is 29.1 Å². The summed E-state index contributed by atoms with van der Waals surface area (Å²) < 4.78 is 20.6. The Balaban J connectivity index is 1.75. The smallest absolute Gasteiger partial charge is 0.241 e. The van der Waals surface area contributed by atoms with Crippen molar-refractivity contribution in [3.8, 4) is 5.75 Å². The molecule has 2 fully saturated rings. The van der Waals surface area contributed by atoms with Crippen LogP contribution in [0.1, 0.15) is 38.5 Å². The standard InChI is InChI=1S/C19H20ClFN2O3/c20-13-9-14(21)16(15(22)17(13)26-10-5-1-2-6-10)23-18(24)11-7-3-4-8-12(11)19(23)25/h3,7,9-12H,1-2,4-6,8,22H2. The quantitative estimate of drug-likeness (QED) is 0.492. The van der Waals surface area contributed by atoms with E-state index >= 15 is 0 Å². The van der Waals surface area contributed by atoms with Crippen molar-refractivity contribution in [2.75, 3.05) is 10.6 Å². The van der Waals surface area contributed by atoms with Gasteiger partial charge < -0.3 is 10.5 Å². The largest absolute Gasteiger partial charge is 0.487 e. The molecule has 26 heavy (non-hydrogen) atoms. The van der Waals surface area contributed by atoms with E-state index in [1.165, 1.54) is 0 Å². The first-order valence-electron chi connectivity index (χ1n) is 8.97. The van der Waals surface area contributed by atoms with Gasteiger partial charge in [-0.25, -0.2) is 9.29 Å². The van der Waals surface area contributed by atoms with Gasteiger partial charge in [0.15, 0.2) is 11.6 Å². The Hall–Kier alpha value is -2.08. The fourth-order valence-electron chi connectivity index (χ4n) is 4.14. The number of carbonyl (C=O) groups excluding carboxylic acids is 2. The number of hydrogen-bond acceptors (Lipinski definition) is 4. The summed E-state index contributed by atoms with van der Waals surface area (Å²) in [5, 5.41) is 0.0482. The van der Waals surface area contributed by atoms with Crippen LogP contribution < -0.4 is 15.4 Å². The van der Waals surface area contributed by atoms with Crippen LogP contribution in [0.2, 0.25) is 5.02 Å². The number of imide groups is 1. The minimum atomic E-state index is -0.796. The molecule has 1 aromatic carbocycles. The summed E-state index contributed by atoms with van der Waals surface area (Å²) in [6, 6.07) is 1.07. The van der Waals surface area contributed by atoms with Gasteiger partial charge in [-0.1, -0.05) is 23.8 Å². The van der Waals surface area contributed by atoms with Crippen molar-refractivity contribution in [1.29, 1.82) is 0 Å². The Labute approximate surface area is 155 Å². The lowest BCUT2D eigenvalue weighted by atomic mass is 9.86. The lowest BCUT2D eigenvalue weighted by Crippen LogP contribution is -2.32. The van der Waals surface area contributed by atoms with Crippen molar-refractivity contribution in [1.82, 2.24) is 0 Å². The highest BCUT2D eigenvalue weighted by Crippen LogP contribution is 2.46. The maximum Gasteiger partial charge on any atom is 0.241 e. The normalized spacial score (nSPS) is 25.8. The minimum Gasteiger partial charge on any atom is -0.487 e. The number of nitrogen functional groups attached to an aromatic ring is 1. The van der Waals surface area contributed by atoms with E-state index in [-0.39, 0.29) is 28.3 Å². The molecule has 1 saturated carbocycles. The van der Waals surface area contributed by atoms with Crippen LogP contribution >= 0.6 is 11.6 Å². The van der Waals surface area contributed by atoms with Gasteiger partial charge in [0.25, 0.3) is 0 Å². The van der Waals surface area contributed by atoms with E-state index in [1.807, 2.05) is 6.08 Å². The van der Waals surface area contributed by atoms with Gasteiger partial charge in [-0.2, -0.15) is 0 Å². The molecule has 1 aromatic rings. The highest BCUT2D eigenvalue weighted by molar-refractivity contribution is 6.33. The predicted octanol–water partition coefficient (Wildman–Crippen LogP) is 3.84. The highest BCUT2D eigenvalue weighted by atomic mass is 35.5. The van der Waals surface area contributed by atoms with Crippen LogP contribution in [-0.4, -0.2) is 17.9 Å². The second kappa shape index (κ2) is 6.58. The third-order valence-electron chi connectivity index (χ3n) is 5.47. The highest BCUT2D eigenvalue weighted by Gasteiger charge is 2.49. The van der Waals surface area contributed by atoms with E-state index in [2.05, 4.69) is 0 Å². The van der Waals surface area contributed by atoms with Gasteiger partial charge >= 0.3 is 0 Å². The Morgan fingerprint density at radius 1 is 1.19 bits per heavy atom. The molecule has 0 spiro atoms. The summed E-state index contributed by atoms with van der Waals surface area (Å²) in [7, 11) is 0. The van der Waals surface area contributed by atoms with Crippen LogP contribution in [0.5, 0.6) is 5.75 Å². The summed E-state index contributed by atoms with van der Waals surface area (Å²) in [5.74, 6) is -2.51. The number of nitrogens with two attached hydrogens (primary N) is 1. The van der Waals surface area contributed by atoms with Crippen LogP contribution in [-0.2, 0) is 9.59 Å². The van der Waals surface area contributed by atoms with E-state index < -0.39 is 29.5 Å². The first-order valence-corrected chi connectivity index (χ1v) is 9.35. The second-order valence-electron chi connectivity index (χ2n) is 7.11. The summed E-state index contributed by atoms with van der Waals surface area (Å²) in [6.07, 6.45) is 8.72. The molecular formula is C19H20ClFN2O3. The van der Waals surface area contributed by atoms with E-state index in [0.29, 0.717) is 6.42 Å². The number of benzene rings is 1. The maximum absolute atomic E-state index is 14.7. The molecule has 5 nitrogen and oxygen atoms in total. The van der Waals surface area contributed by atoms with Crippen LogP contribution in [0.25, 0.3) is 0 Å². The number of anilines is 2. The molecular weight excluding hydrogens is 359 g/mol. The zero-order valence-electron chi connectivity index (χ0n) is 14.2. The van der Waals surface area contributed by atoms with Crippen molar-refractivity contribution in [3.63, 3.8) is 0 Å². The third kappa shape index (κ3) is 2.67. The zero-order valence-corrected chi connectivity index (χ0v) is 15.0. The molecule has 138 valence electrons. The van der Waals surface area contributed by atoms with E-state index in [9.17, 15) is 14.0 Å². The summed E-state index contributed by atoms with van der Waals surface area (Å²) >= 11 is 6.14. The number of hydrogen-bond donors (Lipinski definition) is 1. The average molecular weight is 379 g/mol. The molecule has 0 aromatic heterocycles. The van der Waals surface area contributed by atoms with Gasteiger partial charge in [0.05, 0.1) is 23.0 Å². The number of ether oxygens (including phenoxy) is 1. The van der Waals surface area contributed by atoms with Crippen LogP contribution in [0.4, 0.5) is 15.8 Å². The number of rotatable bonds is 3. The molecule has 0 radical (unpaired) electrons. The molecule has 0 bridgehead atoms. The van der Waals surface area contributed by atoms with Gasteiger partial charge in [0, 0.05) is 0 Å². The van der Waals surface area contributed by atoms with Gasteiger partial charge in [-0.15, -0.1) is 0 Å². The number of fused-ring (bicyclic) bond motifs is 1. The number of allylic oxidation sites excluding steroid dienone is 1. The Morgan fingerprint density at radius 3 is 2.62 bits per heavy atom. The SMILES string of the molecule is Nc1c(OC2CCCC2)c(Cl)cc(F)c1N1C(=O)C2C=CCCC2C1=O. The van der Waals surface area contributed by atoms with E-state index in [0.717, 1.165) is 43.1 Å². The van der Waals surface area contributed by atoms with Crippen molar-refractivity contribution >= 4 is 34.8 Å². The molecule has 1 heterocycles.